The van der Waals surface area contributed by atoms with Crippen molar-refractivity contribution in [3.8, 4) is 5.75 Å². The normalized spacial score (nSPS) is 25.6. The summed E-state index contributed by atoms with van der Waals surface area (Å²) in [6.45, 7) is 9.54. The SMILES string of the molecule is Cc1nc2oc1C13c4ccccc4N[C@H]1Oc1ccc(cc13)C[C@H](CC(=O)[C@@H](O)C(C)C)C(=O)N[C@H]2C(C)C. The topological polar surface area (TPSA) is 114 Å². The standard InChI is InChI=1S/C31H35N3O5/c1-15(2)25-29-32-17(5)27(39-29)31-20-8-6-7-9-22(20)33-30(31)38-24-11-10-18(13-21(24)31)12-19(28(37)34-25)14-23(35)26(36)16(3)4/h6-11,13,15-16,19,25-26,30,33,36H,12,14H2,1-5H3,(H,34,37)/t19-,25+,26+,30+,31?/m1/s1. The number of aliphatic hydroxyl groups is 1. The molecule has 0 aliphatic carbocycles. The lowest BCUT2D eigenvalue weighted by atomic mass is 9.72. The van der Waals surface area contributed by atoms with Gasteiger partial charge in [0.05, 0.1) is 5.69 Å². The number of carbonyl (C=O) groups excluding carboxylic acids is 2. The first-order valence-corrected chi connectivity index (χ1v) is 13.8. The molecule has 4 heterocycles. The molecule has 3 aromatic rings. The van der Waals surface area contributed by atoms with Crippen LogP contribution >= 0.6 is 0 Å². The third-order valence-corrected chi connectivity index (χ3v) is 8.41. The molecule has 0 saturated heterocycles. The summed E-state index contributed by atoms with van der Waals surface area (Å²) in [5, 5.41) is 17.1. The van der Waals surface area contributed by atoms with E-state index in [1.807, 2.05) is 51.1 Å². The van der Waals surface area contributed by atoms with Crippen LogP contribution < -0.4 is 15.4 Å². The number of nitrogens with one attached hydrogen (secondary N) is 2. The number of ether oxygens (including phenoxy) is 1. The number of anilines is 1. The van der Waals surface area contributed by atoms with E-state index in [-0.39, 0.29) is 29.9 Å². The number of nitrogens with zero attached hydrogens (tertiary/aromatic N) is 1. The highest BCUT2D eigenvalue weighted by Gasteiger charge is 2.60. The number of aliphatic hydroxyl groups excluding tert-OH is 1. The Labute approximate surface area is 228 Å². The van der Waals surface area contributed by atoms with Gasteiger partial charge in [0.25, 0.3) is 0 Å². The largest absolute Gasteiger partial charge is 0.469 e. The number of fused-ring (bicyclic) bond motifs is 4. The second kappa shape index (κ2) is 9.23. The Kier molecular flexibility index (Phi) is 6.06. The van der Waals surface area contributed by atoms with E-state index in [4.69, 9.17) is 14.1 Å². The van der Waals surface area contributed by atoms with Crippen molar-refractivity contribution in [2.24, 2.45) is 17.8 Å². The molecule has 0 radical (unpaired) electrons. The molecule has 6 rings (SSSR count). The lowest BCUT2D eigenvalue weighted by Gasteiger charge is -2.28. The maximum Gasteiger partial charge on any atom is 0.224 e. The van der Waals surface area contributed by atoms with Gasteiger partial charge in [-0.2, -0.15) is 0 Å². The van der Waals surface area contributed by atoms with Crippen molar-refractivity contribution in [3.63, 3.8) is 0 Å². The molecule has 1 spiro atoms. The Balaban J connectivity index is 1.55. The van der Waals surface area contributed by atoms with Crippen LogP contribution in [-0.2, 0) is 21.4 Å². The number of ketones is 1. The molecule has 3 N–H and O–H groups in total. The van der Waals surface area contributed by atoms with Crippen LogP contribution in [0.2, 0.25) is 0 Å². The second-order valence-electron chi connectivity index (χ2n) is 11.8. The van der Waals surface area contributed by atoms with Crippen LogP contribution in [0.1, 0.15) is 74.2 Å². The van der Waals surface area contributed by atoms with Crippen LogP contribution in [0.3, 0.4) is 0 Å². The van der Waals surface area contributed by atoms with Crippen molar-refractivity contribution in [2.45, 2.75) is 71.2 Å². The molecule has 8 heteroatoms. The zero-order valence-electron chi connectivity index (χ0n) is 22.9. The summed E-state index contributed by atoms with van der Waals surface area (Å²) in [6.07, 6.45) is -1.25. The van der Waals surface area contributed by atoms with Gasteiger partial charge in [0.15, 0.2) is 12.0 Å². The van der Waals surface area contributed by atoms with Crippen LogP contribution in [-0.4, -0.2) is 34.1 Å². The fraction of sp³-hybridized carbons (Fsp3) is 0.452. The smallest absolute Gasteiger partial charge is 0.224 e. The van der Waals surface area contributed by atoms with Gasteiger partial charge in [-0.15, -0.1) is 0 Å². The van der Waals surface area contributed by atoms with Crippen LogP contribution in [0, 0.1) is 24.7 Å². The maximum absolute atomic E-state index is 13.7. The average molecular weight is 530 g/mol. The van der Waals surface area contributed by atoms with Crippen molar-refractivity contribution >= 4 is 17.4 Å². The van der Waals surface area contributed by atoms with Gasteiger partial charge < -0.3 is 24.9 Å². The minimum Gasteiger partial charge on any atom is -0.469 e. The van der Waals surface area contributed by atoms with E-state index in [0.717, 1.165) is 33.8 Å². The van der Waals surface area contributed by atoms with E-state index >= 15 is 0 Å². The molecule has 3 aliphatic heterocycles. The molecule has 3 aliphatic rings. The van der Waals surface area contributed by atoms with Gasteiger partial charge in [-0.3, -0.25) is 9.59 Å². The third-order valence-electron chi connectivity index (χ3n) is 8.41. The first-order chi connectivity index (χ1) is 18.6. The average Bonchev–Trinajstić information content (AvgIpc) is 3.53. The molecule has 8 nitrogen and oxygen atoms in total. The number of Topliss-reactive ketones (excluding diaryl/α,β-unsaturated/α-hetero) is 1. The van der Waals surface area contributed by atoms with Crippen molar-refractivity contribution < 1.29 is 23.8 Å². The molecule has 2 aromatic carbocycles. The first-order valence-electron chi connectivity index (χ1n) is 13.8. The van der Waals surface area contributed by atoms with E-state index < -0.39 is 29.7 Å². The second-order valence-corrected chi connectivity index (χ2v) is 11.8. The highest BCUT2D eigenvalue weighted by atomic mass is 16.5. The molecule has 1 unspecified atom stereocenters. The number of hydrogen-bond donors (Lipinski definition) is 3. The zero-order valence-corrected chi connectivity index (χ0v) is 22.9. The van der Waals surface area contributed by atoms with E-state index in [0.29, 0.717) is 18.1 Å². The summed E-state index contributed by atoms with van der Waals surface area (Å²) in [6, 6.07) is 13.6. The van der Waals surface area contributed by atoms with Crippen molar-refractivity contribution in [1.29, 1.82) is 0 Å². The summed E-state index contributed by atoms with van der Waals surface area (Å²) in [4.78, 5) is 31.5. The van der Waals surface area contributed by atoms with Crippen molar-refractivity contribution in [2.75, 3.05) is 5.32 Å². The lowest BCUT2D eigenvalue weighted by Crippen LogP contribution is -2.41. The number of oxazole rings is 1. The molecule has 1 aromatic heterocycles. The maximum atomic E-state index is 13.7. The van der Waals surface area contributed by atoms with E-state index in [9.17, 15) is 14.7 Å². The molecular weight excluding hydrogens is 494 g/mol. The number of carbonyl (C=O) groups is 2. The fourth-order valence-electron chi connectivity index (χ4n) is 6.33. The van der Waals surface area contributed by atoms with Gasteiger partial charge in [-0.25, -0.2) is 4.98 Å². The minimum atomic E-state index is -1.12. The van der Waals surface area contributed by atoms with Gasteiger partial charge in [0.2, 0.25) is 11.8 Å². The molecule has 0 saturated carbocycles. The molecule has 1 amide bonds. The van der Waals surface area contributed by atoms with Crippen LogP contribution in [0.15, 0.2) is 46.9 Å². The Morgan fingerprint density at radius 2 is 1.90 bits per heavy atom. The summed E-state index contributed by atoms with van der Waals surface area (Å²) in [7, 11) is 0. The van der Waals surface area contributed by atoms with Crippen LogP contribution in [0.4, 0.5) is 5.69 Å². The Morgan fingerprint density at radius 3 is 2.64 bits per heavy atom. The summed E-state index contributed by atoms with van der Waals surface area (Å²) < 4.78 is 13.1. The van der Waals surface area contributed by atoms with E-state index in [1.165, 1.54) is 0 Å². The zero-order chi connectivity index (χ0) is 27.6. The predicted octanol–water partition coefficient (Wildman–Crippen LogP) is 4.42. The first kappa shape index (κ1) is 25.6. The summed E-state index contributed by atoms with van der Waals surface area (Å²) in [5.41, 5.74) is 3.85. The molecular formula is C31H35N3O5. The Bertz CT molecular complexity index is 1460. The number of rotatable bonds is 5. The highest BCUT2D eigenvalue weighted by Crippen LogP contribution is 2.58. The predicted molar refractivity (Wildman–Crippen MR) is 145 cm³/mol. The summed E-state index contributed by atoms with van der Waals surface area (Å²) >= 11 is 0. The van der Waals surface area contributed by atoms with E-state index in [1.54, 1.807) is 13.8 Å². The molecule has 5 atom stereocenters. The molecule has 4 bridgehead atoms. The number of para-hydroxylation sites is 1. The van der Waals surface area contributed by atoms with Gasteiger partial charge >= 0.3 is 0 Å². The van der Waals surface area contributed by atoms with Gasteiger partial charge in [0.1, 0.15) is 29.1 Å². The Morgan fingerprint density at radius 1 is 1.13 bits per heavy atom. The number of benzene rings is 2. The molecule has 204 valence electrons. The molecule has 0 fully saturated rings. The van der Waals surface area contributed by atoms with Gasteiger partial charge in [-0.05, 0) is 48.4 Å². The summed E-state index contributed by atoms with van der Waals surface area (Å²) in [5.74, 6) is 0.375. The van der Waals surface area contributed by atoms with Gasteiger partial charge in [0, 0.05) is 23.6 Å². The number of amides is 1. The van der Waals surface area contributed by atoms with E-state index in [2.05, 4.69) is 22.8 Å². The van der Waals surface area contributed by atoms with Crippen LogP contribution in [0.25, 0.3) is 0 Å². The monoisotopic (exact) mass is 529 g/mol. The third kappa shape index (κ3) is 3.87. The fourth-order valence-corrected chi connectivity index (χ4v) is 6.33. The van der Waals surface area contributed by atoms with Gasteiger partial charge in [-0.1, -0.05) is 58.0 Å². The van der Waals surface area contributed by atoms with Crippen molar-refractivity contribution in [1.82, 2.24) is 10.3 Å². The van der Waals surface area contributed by atoms with Crippen molar-refractivity contribution in [3.05, 3.63) is 76.5 Å². The van der Waals surface area contributed by atoms with Crippen LogP contribution in [0.5, 0.6) is 5.75 Å². The highest BCUT2D eigenvalue weighted by molar-refractivity contribution is 5.89. The number of aryl methyl sites for hydroxylation is 1. The lowest BCUT2D eigenvalue weighted by molar-refractivity contribution is -0.135. The quantitative estimate of drug-likeness (QED) is 0.448. The number of aromatic nitrogens is 1. The Hall–Kier alpha value is -3.65. The molecule has 39 heavy (non-hydrogen) atoms. The minimum absolute atomic E-state index is 0.0177. The number of hydrogen-bond acceptors (Lipinski definition) is 7.